The van der Waals surface area contributed by atoms with Crippen LogP contribution in [0.15, 0.2) is 18.2 Å². The van der Waals surface area contributed by atoms with E-state index in [1.54, 1.807) is 25.1 Å². The maximum absolute atomic E-state index is 12.2. The number of carbonyl (C=O) groups excluding carboxylic acids is 2. The fourth-order valence-electron chi connectivity index (χ4n) is 2.56. The number of rotatable bonds is 3. The second-order valence-corrected chi connectivity index (χ2v) is 5.37. The van der Waals surface area contributed by atoms with Crippen LogP contribution in [0.3, 0.4) is 0 Å². The molecule has 0 heterocycles. The molecule has 102 valence electrons. The number of benzene rings is 1. The molecular weight excluding hydrogens is 266 g/mol. The summed E-state index contributed by atoms with van der Waals surface area (Å²) in [5, 5.41) is 0.486. The molecule has 0 fully saturated rings. The molecule has 2 rings (SSSR count). The molecule has 0 saturated heterocycles. The Morgan fingerprint density at radius 3 is 2.84 bits per heavy atom. The summed E-state index contributed by atoms with van der Waals surface area (Å²) < 4.78 is 4.96. The van der Waals surface area contributed by atoms with Gasteiger partial charge in [0.25, 0.3) is 0 Å². The van der Waals surface area contributed by atoms with Crippen LogP contribution in [0.4, 0.5) is 0 Å². The van der Waals surface area contributed by atoms with E-state index in [1.165, 1.54) is 0 Å². The quantitative estimate of drug-likeness (QED) is 0.861. The molecule has 0 bridgehead atoms. The topological polar surface area (TPSA) is 69.4 Å². The van der Waals surface area contributed by atoms with E-state index in [9.17, 15) is 9.59 Å². The van der Waals surface area contributed by atoms with Crippen LogP contribution in [0.25, 0.3) is 0 Å². The van der Waals surface area contributed by atoms with Crippen LogP contribution in [-0.2, 0) is 14.9 Å². The van der Waals surface area contributed by atoms with Gasteiger partial charge in [-0.3, -0.25) is 9.59 Å². The van der Waals surface area contributed by atoms with Gasteiger partial charge in [0.2, 0.25) is 0 Å². The van der Waals surface area contributed by atoms with Crippen LogP contribution in [0.1, 0.15) is 36.2 Å². The molecule has 4 nitrogen and oxygen atoms in total. The largest absolute Gasteiger partial charge is 0.466 e. The van der Waals surface area contributed by atoms with E-state index in [1.807, 2.05) is 6.92 Å². The van der Waals surface area contributed by atoms with Crippen molar-refractivity contribution >= 4 is 23.4 Å². The molecule has 0 saturated carbocycles. The number of ether oxygens (including phenoxy) is 1. The van der Waals surface area contributed by atoms with Gasteiger partial charge in [-0.25, -0.2) is 0 Å². The Morgan fingerprint density at radius 2 is 2.21 bits per heavy atom. The number of nitrogens with two attached hydrogens (primary N) is 1. The van der Waals surface area contributed by atoms with Crippen molar-refractivity contribution in [2.75, 3.05) is 6.61 Å². The standard InChI is InChI=1S/C14H16ClNO3/c1-3-19-11(17)7-14(2)10-5-4-8(15)6-9(10)12(18)13(14)16/h4-6,13H,3,7,16H2,1-2H3. The minimum Gasteiger partial charge on any atom is -0.466 e. The maximum atomic E-state index is 12.2. The number of carbonyl (C=O) groups is 2. The average molecular weight is 282 g/mol. The van der Waals surface area contributed by atoms with Crippen molar-refractivity contribution in [3.63, 3.8) is 0 Å². The molecule has 1 aromatic rings. The van der Waals surface area contributed by atoms with E-state index < -0.39 is 11.5 Å². The number of Topliss-reactive ketones (excluding diaryl/α,β-unsaturated/α-hetero) is 1. The molecule has 1 aromatic carbocycles. The first-order valence-electron chi connectivity index (χ1n) is 6.15. The monoisotopic (exact) mass is 281 g/mol. The zero-order valence-corrected chi connectivity index (χ0v) is 11.7. The number of esters is 1. The highest BCUT2D eigenvalue weighted by Crippen LogP contribution is 2.41. The summed E-state index contributed by atoms with van der Waals surface area (Å²) in [6.45, 7) is 3.87. The Balaban J connectivity index is 2.42. The van der Waals surface area contributed by atoms with Crippen LogP contribution in [0.5, 0.6) is 0 Å². The van der Waals surface area contributed by atoms with E-state index in [0.717, 1.165) is 5.56 Å². The zero-order chi connectivity index (χ0) is 14.2. The third-order valence-electron chi connectivity index (χ3n) is 3.65. The van der Waals surface area contributed by atoms with Crippen molar-refractivity contribution < 1.29 is 14.3 Å². The first-order chi connectivity index (χ1) is 8.90. The van der Waals surface area contributed by atoms with Crippen LogP contribution in [0, 0.1) is 0 Å². The highest BCUT2D eigenvalue weighted by atomic mass is 35.5. The van der Waals surface area contributed by atoms with Gasteiger partial charge in [0.1, 0.15) is 0 Å². The molecule has 5 heteroatoms. The lowest BCUT2D eigenvalue weighted by molar-refractivity contribution is -0.144. The van der Waals surface area contributed by atoms with Crippen molar-refractivity contribution in [1.29, 1.82) is 0 Å². The number of ketones is 1. The Labute approximate surface area is 116 Å². The fraction of sp³-hybridized carbons (Fsp3) is 0.429. The Kier molecular flexibility index (Phi) is 3.65. The molecular formula is C14H16ClNO3. The lowest BCUT2D eigenvalue weighted by Crippen LogP contribution is -2.44. The van der Waals surface area contributed by atoms with Crippen LogP contribution in [0.2, 0.25) is 5.02 Å². The Hall–Kier alpha value is -1.39. The summed E-state index contributed by atoms with van der Waals surface area (Å²) in [4.78, 5) is 23.9. The summed E-state index contributed by atoms with van der Waals surface area (Å²) >= 11 is 5.90. The normalized spacial score (nSPS) is 25.3. The minimum atomic E-state index is -0.745. The van der Waals surface area contributed by atoms with E-state index in [-0.39, 0.29) is 18.2 Å². The molecule has 2 unspecified atom stereocenters. The third-order valence-corrected chi connectivity index (χ3v) is 3.88. The molecule has 1 aliphatic rings. The third kappa shape index (κ3) is 2.26. The van der Waals surface area contributed by atoms with Crippen molar-refractivity contribution in [3.8, 4) is 0 Å². The molecule has 1 aliphatic carbocycles. The highest BCUT2D eigenvalue weighted by molar-refractivity contribution is 6.31. The van der Waals surface area contributed by atoms with Gasteiger partial charge in [0.05, 0.1) is 19.1 Å². The first kappa shape index (κ1) is 14.0. The van der Waals surface area contributed by atoms with Gasteiger partial charge in [-0.2, -0.15) is 0 Å². The SMILES string of the molecule is CCOC(=O)CC1(C)c2ccc(Cl)cc2C(=O)C1N. The summed E-state index contributed by atoms with van der Waals surface area (Å²) in [5.41, 5.74) is 6.54. The number of hydrogen-bond donors (Lipinski definition) is 1. The van der Waals surface area contributed by atoms with Crippen molar-refractivity contribution in [2.24, 2.45) is 5.73 Å². The Morgan fingerprint density at radius 1 is 1.53 bits per heavy atom. The summed E-state index contributed by atoms with van der Waals surface area (Å²) in [6, 6.07) is 4.33. The van der Waals surface area contributed by atoms with Gasteiger partial charge < -0.3 is 10.5 Å². The minimum absolute atomic E-state index is 0.0857. The predicted octanol–water partition coefficient (Wildman–Crippen LogP) is 2.07. The number of halogens is 1. The van der Waals surface area contributed by atoms with E-state index in [2.05, 4.69) is 0 Å². The van der Waals surface area contributed by atoms with E-state index in [0.29, 0.717) is 17.2 Å². The second kappa shape index (κ2) is 4.94. The summed E-state index contributed by atoms with van der Waals surface area (Å²) in [5.74, 6) is -0.527. The molecule has 0 radical (unpaired) electrons. The lowest BCUT2D eigenvalue weighted by atomic mass is 9.78. The molecule has 19 heavy (non-hydrogen) atoms. The first-order valence-corrected chi connectivity index (χ1v) is 6.53. The van der Waals surface area contributed by atoms with Crippen molar-refractivity contribution in [1.82, 2.24) is 0 Å². The second-order valence-electron chi connectivity index (χ2n) is 4.93. The molecule has 0 amide bonds. The number of fused-ring (bicyclic) bond motifs is 1. The van der Waals surface area contributed by atoms with Crippen LogP contribution >= 0.6 is 11.6 Å². The van der Waals surface area contributed by atoms with Crippen molar-refractivity contribution in [2.45, 2.75) is 31.7 Å². The Bertz CT molecular complexity index is 543. The molecule has 0 aromatic heterocycles. The van der Waals surface area contributed by atoms with Gasteiger partial charge in [-0.05, 0) is 24.6 Å². The van der Waals surface area contributed by atoms with Gasteiger partial charge in [0.15, 0.2) is 5.78 Å². The van der Waals surface area contributed by atoms with Crippen molar-refractivity contribution in [3.05, 3.63) is 34.3 Å². The average Bonchev–Trinajstić information content (AvgIpc) is 2.52. The van der Waals surface area contributed by atoms with Gasteiger partial charge in [-0.1, -0.05) is 24.6 Å². The summed E-state index contributed by atoms with van der Waals surface area (Å²) in [7, 11) is 0. The van der Waals surface area contributed by atoms with E-state index in [4.69, 9.17) is 22.1 Å². The van der Waals surface area contributed by atoms with Gasteiger partial charge in [-0.15, -0.1) is 0 Å². The van der Waals surface area contributed by atoms with Crippen LogP contribution < -0.4 is 5.73 Å². The summed E-state index contributed by atoms with van der Waals surface area (Å²) in [6.07, 6.45) is 0.0857. The van der Waals surface area contributed by atoms with E-state index >= 15 is 0 Å². The zero-order valence-electron chi connectivity index (χ0n) is 10.9. The van der Waals surface area contributed by atoms with Gasteiger partial charge >= 0.3 is 5.97 Å². The number of hydrogen-bond acceptors (Lipinski definition) is 4. The fourth-order valence-corrected chi connectivity index (χ4v) is 2.73. The molecule has 0 aliphatic heterocycles. The lowest BCUT2D eigenvalue weighted by Gasteiger charge is -2.28. The molecule has 2 atom stereocenters. The molecule has 0 spiro atoms. The maximum Gasteiger partial charge on any atom is 0.306 e. The smallest absolute Gasteiger partial charge is 0.306 e. The van der Waals surface area contributed by atoms with Crippen LogP contribution in [-0.4, -0.2) is 24.4 Å². The highest BCUT2D eigenvalue weighted by Gasteiger charge is 2.48. The molecule has 2 N–H and O–H groups in total. The van der Waals surface area contributed by atoms with Gasteiger partial charge in [0, 0.05) is 16.0 Å². The predicted molar refractivity (Wildman–Crippen MR) is 72.4 cm³/mol.